The van der Waals surface area contributed by atoms with E-state index in [1.807, 2.05) is 54.6 Å². The van der Waals surface area contributed by atoms with Crippen LogP contribution in [0.1, 0.15) is 43.2 Å². The van der Waals surface area contributed by atoms with Gasteiger partial charge in [0, 0.05) is 23.5 Å². The number of para-hydroxylation sites is 1. The zero-order valence-corrected chi connectivity index (χ0v) is 26.4. The van der Waals surface area contributed by atoms with Gasteiger partial charge >= 0.3 is 0 Å². The summed E-state index contributed by atoms with van der Waals surface area (Å²) in [6.07, 6.45) is 6.41. The summed E-state index contributed by atoms with van der Waals surface area (Å²) in [4.78, 5) is 29.8. The van der Waals surface area contributed by atoms with Gasteiger partial charge in [0.25, 0.3) is 0 Å². The topological polar surface area (TPSA) is 96.0 Å². The van der Waals surface area contributed by atoms with Crippen LogP contribution in [-0.2, 0) is 32.6 Å². The zero-order chi connectivity index (χ0) is 30.1. The number of benzene rings is 3. The van der Waals surface area contributed by atoms with Gasteiger partial charge in [0.05, 0.1) is 19.1 Å². The summed E-state index contributed by atoms with van der Waals surface area (Å²) in [5.41, 5.74) is 2.01. The Balaban J connectivity index is 1.74. The number of nitrogens with zero attached hydrogens (tertiary/aromatic N) is 2. The van der Waals surface area contributed by atoms with E-state index in [1.54, 1.807) is 31.4 Å². The molecule has 1 N–H and O–H groups in total. The maximum atomic E-state index is 14.3. The lowest BCUT2D eigenvalue weighted by Crippen LogP contribution is -2.55. The van der Waals surface area contributed by atoms with Crippen LogP contribution in [0.3, 0.4) is 0 Å². The molecular weight excluding hydrogens is 618 g/mol. The molecule has 0 aromatic heterocycles. The van der Waals surface area contributed by atoms with Crippen molar-refractivity contribution in [1.82, 2.24) is 10.2 Å². The van der Waals surface area contributed by atoms with Crippen LogP contribution in [-0.4, -0.2) is 57.1 Å². The molecule has 0 aliphatic heterocycles. The smallest absolute Gasteiger partial charge is 0.244 e. The largest absolute Gasteiger partial charge is 0.497 e. The highest BCUT2D eigenvalue weighted by molar-refractivity contribution is 9.10. The van der Waals surface area contributed by atoms with Crippen molar-refractivity contribution in [3.63, 3.8) is 0 Å². The molecule has 0 radical (unpaired) electrons. The highest BCUT2D eigenvalue weighted by Gasteiger charge is 2.34. The first-order valence-electron chi connectivity index (χ1n) is 14.1. The average Bonchev–Trinajstić information content (AvgIpc) is 2.98. The van der Waals surface area contributed by atoms with E-state index >= 15 is 0 Å². The van der Waals surface area contributed by atoms with Gasteiger partial charge in [-0.15, -0.1) is 0 Å². The van der Waals surface area contributed by atoms with Gasteiger partial charge in [0.1, 0.15) is 18.3 Å². The van der Waals surface area contributed by atoms with E-state index in [9.17, 15) is 18.0 Å². The average molecular weight is 657 g/mol. The Morgan fingerprint density at radius 3 is 2.29 bits per heavy atom. The molecule has 0 saturated heterocycles. The normalized spacial score (nSPS) is 14.5. The van der Waals surface area contributed by atoms with E-state index in [4.69, 9.17) is 4.74 Å². The molecular formula is C32H38BrN3O5S. The molecule has 1 atom stereocenters. The maximum Gasteiger partial charge on any atom is 0.244 e. The van der Waals surface area contributed by atoms with Crippen LogP contribution < -0.4 is 14.4 Å². The Morgan fingerprint density at radius 1 is 0.952 bits per heavy atom. The Hall–Kier alpha value is -3.37. The number of amides is 2. The van der Waals surface area contributed by atoms with E-state index in [1.165, 1.54) is 4.90 Å². The summed E-state index contributed by atoms with van der Waals surface area (Å²) in [5, 5.41) is 3.21. The predicted octanol–water partition coefficient (Wildman–Crippen LogP) is 5.31. The third-order valence-corrected chi connectivity index (χ3v) is 9.31. The summed E-state index contributed by atoms with van der Waals surface area (Å²) in [6, 6.07) is 22.9. The lowest BCUT2D eigenvalue weighted by molar-refractivity contribution is -0.140. The molecule has 0 spiro atoms. The van der Waals surface area contributed by atoms with Gasteiger partial charge in [-0.25, -0.2) is 8.42 Å². The Morgan fingerprint density at radius 2 is 1.62 bits per heavy atom. The van der Waals surface area contributed by atoms with Crippen molar-refractivity contribution in [1.29, 1.82) is 0 Å². The number of hydrogen-bond donors (Lipinski definition) is 1. The fraction of sp³-hybridized carbons (Fsp3) is 0.375. The highest BCUT2D eigenvalue weighted by atomic mass is 79.9. The van der Waals surface area contributed by atoms with E-state index in [0.29, 0.717) is 15.9 Å². The molecule has 0 bridgehead atoms. The predicted molar refractivity (Wildman–Crippen MR) is 169 cm³/mol. The summed E-state index contributed by atoms with van der Waals surface area (Å²) in [6.45, 7) is -0.368. The van der Waals surface area contributed by atoms with E-state index in [2.05, 4.69) is 21.2 Å². The number of anilines is 1. The van der Waals surface area contributed by atoms with Crippen LogP contribution in [0.5, 0.6) is 5.75 Å². The summed E-state index contributed by atoms with van der Waals surface area (Å²) < 4.78 is 33.0. The number of halogens is 1. The highest BCUT2D eigenvalue weighted by Crippen LogP contribution is 2.28. The fourth-order valence-electron chi connectivity index (χ4n) is 5.31. The number of carbonyl (C=O) groups is 2. The van der Waals surface area contributed by atoms with Crippen LogP contribution in [0.2, 0.25) is 0 Å². The fourth-order valence-corrected chi connectivity index (χ4v) is 6.79. The molecule has 2 amide bonds. The van der Waals surface area contributed by atoms with Crippen molar-refractivity contribution in [2.24, 2.45) is 0 Å². The van der Waals surface area contributed by atoms with Crippen LogP contribution >= 0.6 is 15.9 Å². The minimum absolute atomic E-state index is 0.0473. The van der Waals surface area contributed by atoms with Gasteiger partial charge in [0.2, 0.25) is 21.8 Å². The van der Waals surface area contributed by atoms with Crippen LogP contribution in [0.25, 0.3) is 0 Å². The lowest BCUT2D eigenvalue weighted by Gasteiger charge is -2.35. The number of sulfonamides is 1. The molecule has 10 heteroatoms. The van der Waals surface area contributed by atoms with Gasteiger partial charge in [-0.05, 0) is 64.2 Å². The van der Waals surface area contributed by atoms with Gasteiger partial charge in [-0.2, -0.15) is 0 Å². The van der Waals surface area contributed by atoms with Crippen molar-refractivity contribution >= 4 is 43.5 Å². The third kappa shape index (κ3) is 8.58. The minimum atomic E-state index is -3.84. The monoisotopic (exact) mass is 655 g/mol. The molecule has 1 unspecified atom stereocenters. The first kappa shape index (κ1) is 31.6. The number of methoxy groups -OCH3 is 1. The molecule has 224 valence electrons. The zero-order valence-electron chi connectivity index (χ0n) is 24.0. The molecule has 4 rings (SSSR count). The van der Waals surface area contributed by atoms with E-state index in [-0.39, 0.29) is 24.9 Å². The van der Waals surface area contributed by atoms with Crippen LogP contribution in [0, 0.1) is 0 Å². The van der Waals surface area contributed by atoms with Crippen molar-refractivity contribution in [2.45, 2.75) is 57.2 Å². The minimum Gasteiger partial charge on any atom is -0.497 e. The molecule has 3 aromatic carbocycles. The lowest BCUT2D eigenvalue weighted by atomic mass is 9.94. The number of rotatable bonds is 12. The molecule has 3 aromatic rings. The maximum absolute atomic E-state index is 14.3. The van der Waals surface area contributed by atoms with Crippen molar-refractivity contribution in [2.75, 3.05) is 24.2 Å². The van der Waals surface area contributed by atoms with Crippen LogP contribution in [0.4, 0.5) is 5.69 Å². The number of ether oxygens (including phenoxy) is 1. The second-order valence-corrected chi connectivity index (χ2v) is 13.4. The van der Waals surface area contributed by atoms with Crippen molar-refractivity contribution in [3.8, 4) is 5.75 Å². The first-order chi connectivity index (χ1) is 20.2. The molecule has 1 saturated carbocycles. The van der Waals surface area contributed by atoms with E-state index in [0.717, 1.165) is 53.8 Å². The molecule has 8 nitrogen and oxygen atoms in total. The molecule has 42 heavy (non-hydrogen) atoms. The van der Waals surface area contributed by atoms with Gasteiger partial charge < -0.3 is 15.0 Å². The molecule has 1 aliphatic carbocycles. The van der Waals surface area contributed by atoms with Gasteiger partial charge in [-0.1, -0.05) is 73.9 Å². The van der Waals surface area contributed by atoms with E-state index < -0.39 is 28.5 Å². The molecule has 1 fully saturated rings. The summed E-state index contributed by atoms with van der Waals surface area (Å²) in [5.74, 6) is -0.107. The van der Waals surface area contributed by atoms with Crippen LogP contribution in [0.15, 0.2) is 83.3 Å². The second kappa shape index (κ2) is 14.7. The number of nitrogens with one attached hydrogen (secondary N) is 1. The summed E-state index contributed by atoms with van der Waals surface area (Å²) >= 11 is 3.43. The number of hydrogen-bond acceptors (Lipinski definition) is 5. The quantitative estimate of drug-likeness (QED) is 0.285. The van der Waals surface area contributed by atoms with Gasteiger partial charge in [0.15, 0.2) is 0 Å². The molecule has 1 aliphatic rings. The Labute approximate surface area is 257 Å². The SMILES string of the molecule is COc1cccc(CN(C(=O)CN(c2ccccc2Br)S(C)(=O)=O)C(Cc2ccccc2)C(=O)NC2CCCCC2)c1. The van der Waals surface area contributed by atoms with Gasteiger partial charge in [-0.3, -0.25) is 13.9 Å². The summed E-state index contributed by atoms with van der Waals surface area (Å²) in [7, 11) is -2.28. The molecule has 0 heterocycles. The second-order valence-electron chi connectivity index (χ2n) is 10.6. The standard InChI is InChI=1S/C32H38BrN3O5S/c1-41-27-17-11-14-25(20-27)22-35(31(37)23-36(42(2,39)40)29-19-10-9-18-28(29)33)30(21-24-12-5-3-6-13-24)32(38)34-26-15-7-4-8-16-26/h3,5-6,9-14,17-20,26,30H,4,7-8,15-16,21-23H2,1-2H3,(H,34,38). The first-order valence-corrected chi connectivity index (χ1v) is 16.8. The number of carbonyl (C=O) groups excluding carboxylic acids is 2. The third-order valence-electron chi connectivity index (χ3n) is 7.51. The Kier molecular flexibility index (Phi) is 11.0. The Bertz CT molecular complexity index is 1460. The van der Waals surface area contributed by atoms with Crippen molar-refractivity contribution < 1.29 is 22.7 Å². The van der Waals surface area contributed by atoms with Crippen molar-refractivity contribution in [3.05, 3.63) is 94.5 Å².